The Labute approximate surface area is 110 Å². The standard InChI is InChI=1S/C10H14ClN7/c1-6-7(5-13-17-6)4-12-9-14-8(11)15-10(16-9)18(2)3/h5H,4H2,1-3H3,(H,13,17)(H,12,14,15,16). The number of nitrogens with zero attached hydrogens (tertiary/aromatic N) is 5. The predicted molar refractivity (Wildman–Crippen MR) is 69.8 cm³/mol. The zero-order valence-corrected chi connectivity index (χ0v) is 11.2. The van der Waals surface area contributed by atoms with E-state index in [4.69, 9.17) is 11.6 Å². The first kappa shape index (κ1) is 12.6. The van der Waals surface area contributed by atoms with Crippen molar-refractivity contribution < 1.29 is 0 Å². The van der Waals surface area contributed by atoms with Gasteiger partial charge in [0.2, 0.25) is 17.2 Å². The molecule has 2 rings (SSSR count). The smallest absolute Gasteiger partial charge is 0.230 e. The van der Waals surface area contributed by atoms with Gasteiger partial charge in [-0.15, -0.1) is 0 Å². The first-order valence-electron chi connectivity index (χ1n) is 5.38. The van der Waals surface area contributed by atoms with E-state index in [9.17, 15) is 0 Å². The van der Waals surface area contributed by atoms with Gasteiger partial charge in [-0.2, -0.15) is 20.1 Å². The maximum absolute atomic E-state index is 5.84. The van der Waals surface area contributed by atoms with Crippen molar-refractivity contribution in [1.82, 2.24) is 25.1 Å². The Morgan fingerprint density at radius 1 is 1.33 bits per heavy atom. The van der Waals surface area contributed by atoms with E-state index in [1.807, 2.05) is 21.0 Å². The van der Waals surface area contributed by atoms with Crippen molar-refractivity contribution in [1.29, 1.82) is 0 Å². The van der Waals surface area contributed by atoms with Crippen LogP contribution < -0.4 is 10.2 Å². The summed E-state index contributed by atoms with van der Waals surface area (Å²) >= 11 is 5.84. The van der Waals surface area contributed by atoms with Crippen LogP contribution in [0.25, 0.3) is 0 Å². The molecule has 7 nitrogen and oxygen atoms in total. The molecule has 0 spiro atoms. The molecule has 0 amide bonds. The normalized spacial score (nSPS) is 10.4. The van der Waals surface area contributed by atoms with Gasteiger partial charge >= 0.3 is 0 Å². The number of H-pyrrole nitrogens is 1. The summed E-state index contributed by atoms with van der Waals surface area (Å²) in [7, 11) is 3.69. The average Bonchev–Trinajstić information content (AvgIpc) is 2.71. The van der Waals surface area contributed by atoms with Crippen molar-refractivity contribution in [2.24, 2.45) is 0 Å². The lowest BCUT2D eigenvalue weighted by Gasteiger charge is -2.11. The maximum Gasteiger partial charge on any atom is 0.230 e. The predicted octanol–water partition coefficient (Wildman–Crippen LogP) is 1.23. The van der Waals surface area contributed by atoms with Crippen LogP contribution in [0, 0.1) is 6.92 Å². The molecule has 0 aliphatic carbocycles. The molecular formula is C10H14ClN7. The topological polar surface area (TPSA) is 82.6 Å². The number of aryl methyl sites for hydroxylation is 1. The summed E-state index contributed by atoms with van der Waals surface area (Å²) < 4.78 is 0. The number of rotatable bonds is 4. The molecule has 2 aromatic rings. The minimum atomic E-state index is 0.167. The molecular weight excluding hydrogens is 254 g/mol. The first-order valence-corrected chi connectivity index (χ1v) is 5.75. The second kappa shape index (κ2) is 5.18. The van der Waals surface area contributed by atoms with Crippen LogP contribution in [-0.2, 0) is 6.54 Å². The fourth-order valence-electron chi connectivity index (χ4n) is 1.35. The van der Waals surface area contributed by atoms with Gasteiger partial charge in [0.05, 0.1) is 6.20 Å². The zero-order chi connectivity index (χ0) is 13.1. The summed E-state index contributed by atoms with van der Waals surface area (Å²) in [5.74, 6) is 0.959. The quantitative estimate of drug-likeness (QED) is 0.867. The van der Waals surface area contributed by atoms with Crippen LogP contribution in [0.5, 0.6) is 0 Å². The zero-order valence-electron chi connectivity index (χ0n) is 10.4. The summed E-state index contributed by atoms with van der Waals surface area (Å²) in [5, 5.41) is 10.1. The van der Waals surface area contributed by atoms with E-state index in [-0.39, 0.29) is 5.28 Å². The van der Waals surface area contributed by atoms with Crippen molar-refractivity contribution in [2.45, 2.75) is 13.5 Å². The van der Waals surface area contributed by atoms with Crippen molar-refractivity contribution in [3.63, 3.8) is 0 Å². The number of hydrogen-bond donors (Lipinski definition) is 2. The third-order valence-electron chi connectivity index (χ3n) is 2.37. The van der Waals surface area contributed by atoms with Crippen LogP contribution in [-0.4, -0.2) is 39.2 Å². The molecule has 0 fully saturated rings. The van der Waals surface area contributed by atoms with E-state index < -0.39 is 0 Å². The fourth-order valence-corrected chi connectivity index (χ4v) is 1.50. The van der Waals surface area contributed by atoms with Gasteiger partial charge in [0.15, 0.2) is 0 Å². The molecule has 0 unspecified atom stereocenters. The highest BCUT2D eigenvalue weighted by molar-refractivity contribution is 6.28. The lowest BCUT2D eigenvalue weighted by Crippen LogP contribution is -2.15. The monoisotopic (exact) mass is 267 g/mol. The van der Waals surface area contributed by atoms with Crippen LogP contribution in [0.15, 0.2) is 6.20 Å². The van der Waals surface area contributed by atoms with E-state index in [0.717, 1.165) is 11.3 Å². The van der Waals surface area contributed by atoms with Crippen LogP contribution in [0.3, 0.4) is 0 Å². The Bertz CT molecular complexity index is 537. The van der Waals surface area contributed by atoms with Crippen molar-refractivity contribution in [3.05, 3.63) is 22.7 Å². The van der Waals surface area contributed by atoms with Crippen LogP contribution in [0.2, 0.25) is 5.28 Å². The molecule has 8 heteroatoms. The molecule has 0 bridgehead atoms. The number of hydrogen-bond acceptors (Lipinski definition) is 6. The summed E-state index contributed by atoms with van der Waals surface area (Å²) in [5.41, 5.74) is 2.06. The van der Waals surface area contributed by atoms with Crippen molar-refractivity contribution in [2.75, 3.05) is 24.3 Å². The minimum absolute atomic E-state index is 0.167. The summed E-state index contributed by atoms with van der Waals surface area (Å²) in [6.45, 7) is 2.53. The second-order valence-electron chi connectivity index (χ2n) is 4.00. The Hall–Kier alpha value is -1.89. The van der Waals surface area contributed by atoms with Crippen LogP contribution in [0.4, 0.5) is 11.9 Å². The van der Waals surface area contributed by atoms with Gasteiger partial charge in [-0.25, -0.2) is 0 Å². The number of anilines is 2. The van der Waals surface area contributed by atoms with E-state index in [2.05, 4.69) is 30.5 Å². The molecule has 0 saturated carbocycles. The third kappa shape index (κ3) is 2.86. The van der Waals surface area contributed by atoms with Gasteiger partial charge in [-0.05, 0) is 18.5 Å². The SMILES string of the molecule is Cc1[nH]ncc1CNc1nc(Cl)nc(N(C)C)n1. The van der Waals surface area contributed by atoms with E-state index in [0.29, 0.717) is 18.4 Å². The summed E-state index contributed by atoms with van der Waals surface area (Å²) in [4.78, 5) is 14.0. The highest BCUT2D eigenvalue weighted by Crippen LogP contribution is 2.12. The van der Waals surface area contributed by atoms with Gasteiger partial charge in [0.1, 0.15) is 0 Å². The van der Waals surface area contributed by atoms with Crippen LogP contribution >= 0.6 is 11.6 Å². The second-order valence-corrected chi connectivity index (χ2v) is 4.33. The fraction of sp³-hybridized carbons (Fsp3) is 0.400. The number of halogens is 1. The molecule has 0 atom stereocenters. The minimum Gasteiger partial charge on any atom is -0.350 e. The number of nitrogens with one attached hydrogen (secondary N) is 2. The van der Waals surface area contributed by atoms with E-state index in [1.54, 1.807) is 11.1 Å². The Balaban J connectivity index is 2.12. The molecule has 2 aromatic heterocycles. The molecule has 0 aromatic carbocycles. The van der Waals surface area contributed by atoms with Crippen LogP contribution in [0.1, 0.15) is 11.3 Å². The van der Waals surface area contributed by atoms with Gasteiger partial charge < -0.3 is 10.2 Å². The molecule has 96 valence electrons. The molecule has 0 saturated heterocycles. The lowest BCUT2D eigenvalue weighted by molar-refractivity contribution is 0.940. The Morgan fingerprint density at radius 3 is 2.72 bits per heavy atom. The molecule has 18 heavy (non-hydrogen) atoms. The largest absolute Gasteiger partial charge is 0.350 e. The third-order valence-corrected chi connectivity index (χ3v) is 2.54. The van der Waals surface area contributed by atoms with Gasteiger partial charge in [0.25, 0.3) is 0 Å². The molecule has 0 aliphatic rings. The van der Waals surface area contributed by atoms with E-state index in [1.165, 1.54) is 0 Å². The van der Waals surface area contributed by atoms with E-state index >= 15 is 0 Å². The highest BCUT2D eigenvalue weighted by Gasteiger charge is 2.07. The molecule has 0 radical (unpaired) electrons. The molecule has 0 aliphatic heterocycles. The number of aromatic nitrogens is 5. The first-order chi connectivity index (χ1) is 8.56. The number of aromatic amines is 1. The van der Waals surface area contributed by atoms with Gasteiger partial charge in [0, 0.05) is 31.9 Å². The molecule has 2 N–H and O–H groups in total. The average molecular weight is 268 g/mol. The van der Waals surface area contributed by atoms with Gasteiger partial charge in [-0.1, -0.05) is 0 Å². The van der Waals surface area contributed by atoms with Crippen molar-refractivity contribution >= 4 is 23.5 Å². The summed E-state index contributed by atoms with van der Waals surface area (Å²) in [6.07, 6.45) is 1.76. The highest BCUT2D eigenvalue weighted by atomic mass is 35.5. The lowest BCUT2D eigenvalue weighted by atomic mass is 10.3. The van der Waals surface area contributed by atoms with Gasteiger partial charge in [-0.3, -0.25) is 5.10 Å². The Kier molecular flexibility index (Phi) is 3.61. The van der Waals surface area contributed by atoms with Crippen molar-refractivity contribution in [3.8, 4) is 0 Å². The summed E-state index contributed by atoms with van der Waals surface area (Å²) in [6, 6.07) is 0. The Morgan fingerprint density at radius 2 is 2.11 bits per heavy atom. The molecule has 2 heterocycles. The maximum atomic E-state index is 5.84.